The highest BCUT2D eigenvalue weighted by Gasteiger charge is 2.53. The fourth-order valence-electron chi connectivity index (χ4n) is 8.59. The number of benzene rings is 1. The summed E-state index contributed by atoms with van der Waals surface area (Å²) in [6.45, 7) is 8.86. The number of aromatic nitrogens is 1. The Kier molecular flexibility index (Phi) is 8.28. The first-order valence-corrected chi connectivity index (χ1v) is 17.5. The molecule has 0 radical (unpaired) electrons. The predicted octanol–water partition coefficient (Wildman–Crippen LogP) is 2.19. The van der Waals surface area contributed by atoms with Gasteiger partial charge in [-0.3, -0.25) is 30.5 Å². The molecule has 4 N–H and O–H groups in total. The summed E-state index contributed by atoms with van der Waals surface area (Å²) in [4.78, 5) is 31.2. The minimum Gasteiger partial charge on any atom is -0.365 e. The number of piperidine rings is 2. The molecular weight excluding hydrogens is 582 g/mol. The maximum absolute atomic E-state index is 13.8. The molecule has 5 fully saturated rings. The van der Waals surface area contributed by atoms with Crippen LogP contribution in [0.4, 0.5) is 5.69 Å². The number of nitrogens with zero attached hydrogens (tertiary/aromatic N) is 5. The minimum absolute atomic E-state index is 0.0250. The quantitative estimate of drug-likeness (QED) is 0.378. The molecule has 5 saturated heterocycles. The lowest BCUT2D eigenvalue weighted by atomic mass is 9.99. The third-order valence-electron chi connectivity index (χ3n) is 11.1. The van der Waals surface area contributed by atoms with Gasteiger partial charge in [0.1, 0.15) is 19.1 Å². The number of ether oxygens (including phenoxy) is 1. The van der Waals surface area contributed by atoms with Crippen molar-refractivity contribution >= 4 is 28.4 Å². The van der Waals surface area contributed by atoms with E-state index in [-0.39, 0.29) is 55.2 Å². The molecule has 0 spiro atoms. The Bertz CT molecular complexity index is 1470. The van der Waals surface area contributed by atoms with Crippen molar-refractivity contribution in [2.45, 2.75) is 95.3 Å². The zero-order valence-electron chi connectivity index (χ0n) is 27.1. The Labute approximate surface area is 271 Å². The summed E-state index contributed by atoms with van der Waals surface area (Å²) in [5.74, 6) is -0.0466. The number of morpholine rings is 1. The molecule has 6 unspecified atom stereocenters. The number of likely N-dealkylation sites (tertiary alicyclic amines) is 1. The van der Waals surface area contributed by atoms with Gasteiger partial charge in [-0.2, -0.15) is 5.01 Å². The molecule has 0 aliphatic carbocycles. The van der Waals surface area contributed by atoms with Gasteiger partial charge in [0.05, 0.1) is 30.9 Å². The lowest BCUT2D eigenvalue weighted by molar-refractivity contribution is -0.176. The first-order valence-electron chi connectivity index (χ1n) is 17.5. The molecule has 6 aliphatic rings. The molecule has 2 bridgehead atoms. The van der Waals surface area contributed by atoms with Crippen LogP contribution in [0.2, 0.25) is 0 Å². The van der Waals surface area contributed by atoms with E-state index in [1.807, 2.05) is 9.91 Å². The second-order valence-electron chi connectivity index (χ2n) is 14.1. The molecule has 46 heavy (non-hydrogen) atoms. The first-order chi connectivity index (χ1) is 22.4. The normalized spacial score (nSPS) is 33.9. The van der Waals surface area contributed by atoms with Gasteiger partial charge in [0.15, 0.2) is 0 Å². The molecule has 12 heteroatoms. The second-order valence-corrected chi connectivity index (χ2v) is 14.1. The third-order valence-corrected chi connectivity index (χ3v) is 11.1. The van der Waals surface area contributed by atoms with Crippen molar-refractivity contribution in [1.29, 1.82) is 0 Å². The molecule has 0 saturated carbocycles. The first kappa shape index (κ1) is 30.3. The van der Waals surface area contributed by atoms with Gasteiger partial charge in [0.2, 0.25) is 11.8 Å². The third kappa shape index (κ3) is 5.52. The lowest BCUT2D eigenvalue weighted by Crippen LogP contribution is -2.72. The molecule has 2 aromatic rings. The van der Waals surface area contributed by atoms with E-state index in [0.29, 0.717) is 31.7 Å². The van der Waals surface area contributed by atoms with Crippen molar-refractivity contribution in [2.75, 3.05) is 44.6 Å². The van der Waals surface area contributed by atoms with E-state index < -0.39 is 0 Å². The highest BCUT2D eigenvalue weighted by Crippen LogP contribution is 2.34. The van der Waals surface area contributed by atoms with Gasteiger partial charge in [0.25, 0.3) is 0 Å². The van der Waals surface area contributed by atoms with E-state index in [1.165, 1.54) is 23.7 Å². The van der Waals surface area contributed by atoms with Crippen LogP contribution in [-0.4, -0.2) is 112 Å². The smallest absolute Gasteiger partial charge is 0.249 e. The number of allylic oxidation sites excluding steroid dienone is 1. The Balaban J connectivity index is 0.991. The number of amides is 2. The zero-order valence-corrected chi connectivity index (χ0v) is 27.1. The lowest BCUT2D eigenvalue weighted by Gasteiger charge is -2.50. The molecule has 12 nitrogen and oxygen atoms in total. The van der Waals surface area contributed by atoms with E-state index in [2.05, 4.69) is 92.2 Å². The Morgan fingerprint density at radius 1 is 0.978 bits per heavy atom. The summed E-state index contributed by atoms with van der Waals surface area (Å²) in [5, 5.41) is 20.1. The van der Waals surface area contributed by atoms with E-state index in [1.54, 1.807) is 0 Å². The minimum atomic E-state index is -0.213. The van der Waals surface area contributed by atoms with Crippen LogP contribution in [0.5, 0.6) is 0 Å². The number of carbonyl (C=O) groups excluding carboxylic acids is 2. The summed E-state index contributed by atoms with van der Waals surface area (Å²) in [5.41, 5.74) is 2.32. The highest BCUT2D eigenvalue weighted by atomic mass is 16.5. The summed E-state index contributed by atoms with van der Waals surface area (Å²) in [7, 11) is 0. The maximum atomic E-state index is 13.8. The standard InChI is InChI=1S/C34H49N9O3/c1-22(2)39-16-12-25(13-17-39)40-18-11-23-19-24(7-8-27(23)40)36-34-35-20-26-31(38-34)43-29-10-9-28-32(37-29)41(30(44)21-46-28)14-5-3-4-6-15-42(43)33(26)45/h4,6-8,11,18-19,22,25-26,28-29,31-32,34-38H,3,5,9-10,12-17,20-21H2,1-2H3/b6-4-. The van der Waals surface area contributed by atoms with Crippen molar-refractivity contribution in [3.8, 4) is 0 Å². The molecular formula is C34H49N9O3. The van der Waals surface area contributed by atoms with Gasteiger partial charge >= 0.3 is 0 Å². The highest BCUT2D eigenvalue weighted by molar-refractivity contribution is 5.84. The van der Waals surface area contributed by atoms with Crippen LogP contribution in [-0.2, 0) is 14.3 Å². The number of hydrogen-bond acceptors (Lipinski definition) is 9. The van der Waals surface area contributed by atoms with Crippen molar-refractivity contribution < 1.29 is 14.3 Å². The fourth-order valence-corrected chi connectivity index (χ4v) is 8.59. The number of rotatable bonds is 4. The van der Waals surface area contributed by atoms with E-state index in [0.717, 1.165) is 44.5 Å². The zero-order chi connectivity index (χ0) is 31.4. The van der Waals surface area contributed by atoms with Crippen molar-refractivity contribution in [3.63, 3.8) is 0 Å². The van der Waals surface area contributed by atoms with E-state index in [4.69, 9.17) is 4.74 Å². The molecule has 6 aliphatic heterocycles. The fraction of sp³-hybridized carbons (Fsp3) is 0.647. The van der Waals surface area contributed by atoms with Gasteiger partial charge in [-0.05, 0) is 76.6 Å². The van der Waals surface area contributed by atoms with Crippen LogP contribution in [0.25, 0.3) is 10.9 Å². The van der Waals surface area contributed by atoms with Crippen LogP contribution >= 0.6 is 0 Å². The van der Waals surface area contributed by atoms with Crippen molar-refractivity contribution in [1.82, 2.24) is 40.3 Å². The van der Waals surface area contributed by atoms with Crippen LogP contribution in [0.1, 0.15) is 58.4 Å². The Morgan fingerprint density at radius 2 is 1.85 bits per heavy atom. The number of anilines is 1. The number of hydrazine groups is 1. The number of nitrogens with one attached hydrogen (secondary N) is 4. The Morgan fingerprint density at radius 3 is 2.70 bits per heavy atom. The van der Waals surface area contributed by atoms with Crippen LogP contribution < -0.4 is 21.3 Å². The average Bonchev–Trinajstić information content (AvgIpc) is 3.60. The topological polar surface area (TPSA) is 109 Å². The van der Waals surface area contributed by atoms with Gasteiger partial charge in [-0.25, -0.2) is 0 Å². The summed E-state index contributed by atoms with van der Waals surface area (Å²) < 4.78 is 8.44. The largest absolute Gasteiger partial charge is 0.365 e. The van der Waals surface area contributed by atoms with Crippen LogP contribution in [0.3, 0.4) is 0 Å². The molecule has 7 heterocycles. The van der Waals surface area contributed by atoms with Crippen LogP contribution in [0.15, 0.2) is 42.6 Å². The molecule has 1 aromatic carbocycles. The molecule has 1 aromatic heterocycles. The summed E-state index contributed by atoms with van der Waals surface area (Å²) >= 11 is 0. The average molecular weight is 632 g/mol. The van der Waals surface area contributed by atoms with E-state index in [9.17, 15) is 9.59 Å². The van der Waals surface area contributed by atoms with Gasteiger partial charge in [-0.15, -0.1) is 0 Å². The summed E-state index contributed by atoms with van der Waals surface area (Å²) in [6.07, 6.45) is 11.6. The van der Waals surface area contributed by atoms with Gasteiger partial charge in [0, 0.05) is 61.0 Å². The van der Waals surface area contributed by atoms with Gasteiger partial charge < -0.3 is 24.4 Å². The monoisotopic (exact) mass is 631 g/mol. The molecule has 2 amide bonds. The summed E-state index contributed by atoms with van der Waals surface area (Å²) in [6, 6.07) is 10.0. The molecule has 8 rings (SSSR count). The Hall–Kier alpha value is -3.00. The second kappa shape index (κ2) is 12.6. The number of carbonyl (C=O) groups is 2. The number of hydrogen-bond donors (Lipinski definition) is 4. The van der Waals surface area contributed by atoms with Crippen molar-refractivity contribution in [2.24, 2.45) is 5.92 Å². The maximum Gasteiger partial charge on any atom is 0.249 e. The predicted molar refractivity (Wildman–Crippen MR) is 176 cm³/mol. The van der Waals surface area contributed by atoms with Gasteiger partial charge in [-0.1, -0.05) is 12.2 Å². The van der Waals surface area contributed by atoms with E-state index >= 15 is 0 Å². The molecule has 248 valence electrons. The number of fused-ring (bicyclic) bond motifs is 6. The van der Waals surface area contributed by atoms with Crippen LogP contribution in [0, 0.1) is 5.92 Å². The van der Waals surface area contributed by atoms with Crippen molar-refractivity contribution in [3.05, 3.63) is 42.6 Å². The molecule has 6 atom stereocenters. The SMILES string of the molecule is CC(C)N1CCC(n2ccc3cc(NC4NCC5C(=O)N6C/C=C\CCCN7C(=O)COC8CCC(NC87)N6C5N4)ccc32)CC1.